The summed E-state index contributed by atoms with van der Waals surface area (Å²) in [5.41, 5.74) is -0.307. The number of halogens is 1. The Hall–Kier alpha value is -3.45. The van der Waals surface area contributed by atoms with Crippen LogP contribution in [0.25, 0.3) is 0 Å². The number of nitro groups is 1. The van der Waals surface area contributed by atoms with E-state index in [-0.39, 0.29) is 16.5 Å². The molecule has 0 bridgehead atoms. The third kappa shape index (κ3) is 7.28. The number of carbonyl (C=O) groups is 4. The van der Waals surface area contributed by atoms with Gasteiger partial charge in [0.15, 0.2) is 12.2 Å². The lowest BCUT2D eigenvalue weighted by atomic mass is 9.98. The fourth-order valence-electron chi connectivity index (χ4n) is 3.11. The van der Waals surface area contributed by atoms with Gasteiger partial charge in [-0.15, -0.1) is 0 Å². The summed E-state index contributed by atoms with van der Waals surface area (Å²) in [6.45, 7) is 3.95. The van der Waals surface area contributed by atoms with Gasteiger partial charge < -0.3 is 28.4 Å². The predicted molar refractivity (Wildman–Crippen MR) is 111 cm³/mol. The number of rotatable bonds is 8. The second-order valence-corrected chi connectivity index (χ2v) is 7.46. The molecule has 5 atom stereocenters. The highest BCUT2D eigenvalue weighted by Crippen LogP contribution is 2.34. The molecule has 2 rings (SSSR count). The first kappa shape index (κ1) is 26.8. The van der Waals surface area contributed by atoms with E-state index in [1.807, 2.05) is 0 Å². The van der Waals surface area contributed by atoms with E-state index in [1.165, 1.54) is 6.07 Å². The molecule has 1 aliphatic rings. The van der Waals surface area contributed by atoms with Gasteiger partial charge in [0.1, 0.15) is 18.5 Å². The van der Waals surface area contributed by atoms with E-state index in [0.29, 0.717) is 0 Å². The Kier molecular flexibility index (Phi) is 9.15. The second kappa shape index (κ2) is 11.6. The number of non-ortho nitro benzene ring substituents is 1. The molecule has 0 aromatic heterocycles. The van der Waals surface area contributed by atoms with Crippen molar-refractivity contribution >= 4 is 41.2 Å². The van der Waals surface area contributed by atoms with Gasteiger partial charge in [-0.2, -0.15) is 0 Å². The summed E-state index contributed by atoms with van der Waals surface area (Å²) in [7, 11) is 0. The Morgan fingerprint density at radius 2 is 1.50 bits per heavy atom. The second-order valence-electron chi connectivity index (χ2n) is 7.06. The molecule has 1 aromatic carbocycles. The third-order valence-corrected chi connectivity index (χ3v) is 4.61. The Balaban J connectivity index is 2.49. The number of hydrogen-bond donors (Lipinski definition) is 0. The molecule has 1 saturated heterocycles. The number of esters is 4. The Morgan fingerprint density at radius 1 is 0.941 bits per heavy atom. The van der Waals surface area contributed by atoms with Crippen LogP contribution in [0.3, 0.4) is 0 Å². The van der Waals surface area contributed by atoms with Gasteiger partial charge in [0.05, 0.1) is 9.95 Å². The Bertz CT molecular complexity index is 967. The molecule has 1 fully saturated rings. The van der Waals surface area contributed by atoms with Crippen LogP contribution < -0.4 is 4.74 Å². The number of ether oxygens (including phenoxy) is 6. The molecule has 1 aliphatic heterocycles. The summed E-state index contributed by atoms with van der Waals surface area (Å²) in [6.07, 6.45) is -6.98. The van der Waals surface area contributed by atoms with Gasteiger partial charge in [-0.1, -0.05) is 11.6 Å². The number of nitro benzene ring substituents is 1. The van der Waals surface area contributed by atoms with Gasteiger partial charge >= 0.3 is 23.9 Å². The zero-order valence-corrected chi connectivity index (χ0v) is 19.3. The molecule has 0 N–H and O–H groups in total. The van der Waals surface area contributed by atoms with Crippen LogP contribution in [0, 0.1) is 10.1 Å². The number of benzene rings is 1. The van der Waals surface area contributed by atoms with E-state index in [9.17, 15) is 29.3 Å². The molecule has 0 spiro atoms. The van der Waals surface area contributed by atoms with Crippen LogP contribution in [0.5, 0.6) is 5.75 Å². The minimum atomic E-state index is -1.51. The fraction of sp³-hybridized carbons (Fsp3) is 0.500. The standard InChI is InChI=1S/C20H22ClNO12/c1-9(23)29-8-16-17(30-10(2)24)18(31-11(3)25)19(32-12(4)26)20(34-16)33-15-6-5-13(22(27)28)7-14(15)21/h5-7,16-20H,8H2,1-4H3/t16?,17-,18-,19?,20+/m0/s1. The molecule has 186 valence electrons. The average molecular weight is 504 g/mol. The molecular formula is C20H22ClNO12. The minimum absolute atomic E-state index is 0.0897. The highest BCUT2D eigenvalue weighted by atomic mass is 35.5. The zero-order chi connectivity index (χ0) is 25.6. The maximum absolute atomic E-state index is 11.8. The molecule has 1 aromatic rings. The molecule has 2 unspecified atom stereocenters. The Labute approximate surface area is 198 Å². The summed E-state index contributed by atoms with van der Waals surface area (Å²) >= 11 is 6.09. The van der Waals surface area contributed by atoms with Crippen molar-refractivity contribution in [3.8, 4) is 5.75 Å². The quantitative estimate of drug-likeness (QED) is 0.218. The molecule has 0 amide bonds. The molecule has 14 heteroatoms. The first-order valence-electron chi connectivity index (χ1n) is 9.80. The van der Waals surface area contributed by atoms with E-state index >= 15 is 0 Å². The van der Waals surface area contributed by atoms with Crippen molar-refractivity contribution in [2.24, 2.45) is 0 Å². The van der Waals surface area contributed by atoms with Gasteiger partial charge in [0.25, 0.3) is 5.69 Å². The van der Waals surface area contributed by atoms with Crippen LogP contribution in [0.2, 0.25) is 5.02 Å². The molecule has 0 radical (unpaired) electrons. The van der Waals surface area contributed by atoms with E-state index in [1.54, 1.807) is 0 Å². The first-order valence-corrected chi connectivity index (χ1v) is 10.2. The molecule has 34 heavy (non-hydrogen) atoms. The van der Waals surface area contributed by atoms with Crippen LogP contribution in [-0.2, 0) is 42.9 Å². The van der Waals surface area contributed by atoms with Crippen LogP contribution >= 0.6 is 11.6 Å². The van der Waals surface area contributed by atoms with E-state index < -0.39 is 66.1 Å². The molecule has 0 aliphatic carbocycles. The fourth-order valence-corrected chi connectivity index (χ4v) is 3.33. The third-order valence-electron chi connectivity index (χ3n) is 4.32. The van der Waals surface area contributed by atoms with Crippen LogP contribution in [0.4, 0.5) is 5.69 Å². The van der Waals surface area contributed by atoms with Crippen molar-refractivity contribution in [1.82, 2.24) is 0 Å². The van der Waals surface area contributed by atoms with Crippen LogP contribution in [-0.4, -0.2) is 66.1 Å². The smallest absolute Gasteiger partial charge is 0.303 e. The van der Waals surface area contributed by atoms with Crippen molar-refractivity contribution in [3.05, 3.63) is 33.3 Å². The molecule has 1 heterocycles. The topological polar surface area (TPSA) is 167 Å². The maximum Gasteiger partial charge on any atom is 0.303 e. The van der Waals surface area contributed by atoms with Gasteiger partial charge in [-0.3, -0.25) is 29.3 Å². The molecule has 13 nitrogen and oxygen atoms in total. The normalized spacial score (nSPS) is 23.9. The van der Waals surface area contributed by atoms with Crippen molar-refractivity contribution in [2.75, 3.05) is 6.61 Å². The Morgan fingerprint density at radius 3 is 2.00 bits per heavy atom. The average Bonchev–Trinajstić information content (AvgIpc) is 2.71. The monoisotopic (exact) mass is 503 g/mol. The van der Waals surface area contributed by atoms with Crippen molar-refractivity contribution < 1.29 is 52.5 Å². The lowest BCUT2D eigenvalue weighted by molar-refractivity contribution is -0.384. The summed E-state index contributed by atoms with van der Waals surface area (Å²) in [6, 6.07) is 3.34. The largest absolute Gasteiger partial charge is 0.463 e. The summed E-state index contributed by atoms with van der Waals surface area (Å²) in [4.78, 5) is 57.0. The first-order chi connectivity index (χ1) is 15.9. The van der Waals surface area contributed by atoms with E-state index in [4.69, 9.17) is 40.0 Å². The lowest BCUT2D eigenvalue weighted by Gasteiger charge is -2.43. The highest BCUT2D eigenvalue weighted by molar-refractivity contribution is 6.32. The minimum Gasteiger partial charge on any atom is -0.463 e. The van der Waals surface area contributed by atoms with Crippen molar-refractivity contribution in [2.45, 2.75) is 58.4 Å². The van der Waals surface area contributed by atoms with Crippen molar-refractivity contribution in [1.29, 1.82) is 0 Å². The highest BCUT2D eigenvalue weighted by Gasteiger charge is 2.53. The van der Waals surface area contributed by atoms with E-state index in [0.717, 1.165) is 39.8 Å². The summed E-state index contributed by atoms with van der Waals surface area (Å²) in [5, 5.41) is 10.8. The summed E-state index contributed by atoms with van der Waals surface area (Å²) < 4.78 is 32.2. The van der Waals surface area contributed by atoms with E-state index in [2.05, 4.69) is 0 Å². The van der Waals surface area contributed by atoms with Crippen molar-refractivity contribution in [3.63, 3.8) is 0 Å². The molecule has 0 saturated carbocycles. The van der Waals surface area contributed by atoms with Crippen LogP contribution in [0.15, 0.2) is 18.2 Å². The molecular weight excluding hydrogens is 482 g/mol. The van der Waals surface area contributed by atoms with Gasteiger partial charge in [0, 0.05) is 39.8 Å². The van der Waals surface area contributed by atoms with Gasteiger partial charge in [0.2, 0.25) is 12.4 Å². The zero-order valence-electron chi connectivity index (χ0n) is 18.6. The predicted octanol–water partition coefficient (Wildman–Crippen LogP) is 1.71. The maximum atomic E-state index is 11.8. The lowest BCUT2D eigenvalue weighted by Crippen LogP contribution is -2.63. The van der Waals surface area contributed by atoms with Gasteiger partial charge in [-0.25, -0.2) is 0 Å². The van der Waals surface area contributed by atoms with Crippen LogP contribution in [0.1, 0.15) is 27.7 Å². The number of carbonyl (C=O) groups excluding carboxylic acids is 4. The number of hydrogen-bond acceptors (Lipinski definition) is 12. The summed E-state index contributed by atoms with van der Waals surface area (Å²) in [5.74, 6) is -3.16. The number of nitrogens with zero attached hydrogens (tertiary/aromatic N) is 1. The van der Waals surface area contributed by atoms with Gasteiger partial charge in [-0.05, 0) is 6.07 Å². The SMILES string of the molecule is CC(=O)OCC1O[C@@H](Oc2ccc([N+](=O)[O-])cc2Cl)C(OC(C)=O)[C@@H](OC(C)=O)[C@H]1OC(C)=O.